The number of furan rings is 1. The number of hydrogen-bond donors (Lipinski definition) is 0. The molecule has 0 saturated carbocycles. The van der Waals surface area contributed by atoms with E-state index in [0.717, 1.165) is 29.4 Å². The summed E-state index contributed by atoms with van der Waals surface area (Å²) >= 11 is 1.55. The Bertz CT molecular complexity index is 1150. The van der Waals surface area contributed by atoms with Crippen LogP contribution in [0.2, 0.25) is 0 Å². The fraction of sp³-hybridized carbons (Fsp3) is 0.217. The second-order valence-electron chi connectivity index (χ2n) is 6.61. The van der Waals surface area contributed by atoms with Crippen LogP contribution in [0.15, 0.2) is 81.3 Å². The smallest absolute Gasteiger partial charge is 0.262 e. The van der Waals surface area contributed by atoms with Gasteiger partial charge in [0.05, 0.1) is 37.4 Å². The number of fused-ring (bicyclic) bond motifs is 1. The van der Waals surface area contributed by atoms with Crippen molar-refractivity contribution in [3.8, 4) is 11.5 Å². The predicted octanol–water partition coefficient (Wildman–Crippen LogP) is 4.61. The highest BCUT2D eigenvalue weighted by Gasteiger charge is 2.13. The molecule has 0 radical (unpaired) electrons. The minimum Gasteiger partial charge on any atom is -0.497 e. The Morgan fingerprint density at radius 1 is 1.03 bits per heavy atom. The number of benzene rings is 2. The van der Waals surface area contributed by atoms with Crippen LogP contribution < -0.4 is 15.0 Å². The topological polar surface area (TPSA) is 66.5 Å². The van der Waals surface area contributed by atoms with Crippen LogP contribution in [0.4, 0.5) is 0 Å². The second kappa shape index (κ2) is 9.54. The maximum Gasteiger partial charge on any atom is 0.262 e. The Hall–Kier alpha value is -3.19. The first-order valence-electron chi connectivity index (χ1n) is 9.66. The highest BCUT2D eigenvalue weighted by molar-refractivity contribution is 7.99. The van der Waals surface area contributed by atoms with E-state index in [1.165, 1.54) is 0 Å². The van der Waals surface area contributed by atoms with Gasteiger partial charge in [-0.2, -0.15) is 0 Å². The van der Waals surface area contributed by atoms with Crippen LogP contribution >= 0.6 is 11.8 Å². The molecule has 0 atom stereocenters. The zero-order chi connectivity index (χ0) is 20.8. The number of thioether (sulfide) groups is 1. The molecule has 4 rings (SSSR count). The van der Waals surface area contributed by atoms with Crippen LogP contribution in [0.1, 0.15) is 12.2 Å². The van der Waals surface area contributed by atoms with Gasteiger partial charge in [0.25, 0.3) is 5.56 Å². The molecule has 0 aliphatic rings. The largest absolute Gasteiger partial charge is 0.497 e. The van der Waals surface area contributed by atoms with Gasteiger partial charge in [0.1, 0.15) is 17.3 Å². The zero-order valence-corrected chi connectivity index (χ0v) is 17.4. The Morgan fingerprint density at radius 3 is 2.60 bits per heavy atom. The highest BCUT2D eigenvalue weighted by atomic mass is 32.2. The summed E-state index contributed by atoms with van der Waals surface area (Å²) in [6, 6.07) is 18.6. The molecule has 0 fully saturated rings. The van der Waals surface area contributed by atoms with Crippen LogP contribution in [0.3, 0.4) is 0 Å². The Kier molecular flexibility index (Phi) is 6.39. The summed E-state index contributed by atoms with van der Waals surface area (Å²) in [4.78, 5) is 17.8. The summed E-state index contributed by atoms with van der Waals surface area (Å²) in [7, 11) is 1.64. The van der Waals surface area contributed by atoms with E-state index in [1.54, 1.807) is 35.8 Å². The number of rotatable bonds is 9. The molecule has 0 bridgehead atoms. The van der Waals surface area contributed by atoms with Gasteiger partial charge in [-0.3, -0.25) is 9.36 Å². The Balaban J connectivity index is 1.43. The summed E-state index contributed by atoms with van der Waals surface area (Å²) in [6.07, 6.45) is 2.43. The first-order chi connectivity index (χ1) is 14.7. The molecule has 0 unspecified atom stereocenters. The number of nitrogens with zero attached hydrogens (tertiary/aromatic N) is 2. The van der Waals surface area contributed by atoms with Crippen LogP contribution in [-0.2, 0) is 6.54 Å². The fourth-order valence-corrected chi connectivity index (χ4v) is 3.95. The normalized spacial score (nSPS) is 11.0. The van der Waals surface area contributed by atoms with E-state index in [4.69, 9.17) is 18.9 Å². The highest BCUT2D eigenvalue weighted by Crippen LogP contribution is 2.21. The molecule has 154 valence electrons. The van der Waals surface area contributed by atoms with Crippen LogP contribution in [0.5, 0.6) is 11.5 Å². The quantitative estimate of drug-likeness (QED) is 0.223. The molecule has 0 saturated heterocycles. The van der Waals surface area contributed by atoms with Crippen molar-refractivity contribution in [3.05, 3.63) is 83.0 Å². The fourth-order valence-electron chi connectivity index (χ4n) is 3.04. The van der Waals surface area contributed by atoms with Crippen molar-refractivity contribution in [2.24, 2.45) is 0 Å². The summed E-state index contributed by atoms with van der Waals surface area (Å²) in [5.74, 6) is 3.10. The molecule has 7 heteroatoms. The van der Waals surface area contributed by atoms with E-state index in [0.29, 0.717) is 29.2 Å². The van der Waals surface area contributed by atoms with Crippen molar-refractivity contribution >= 4 is 22.7 Å². The van der Waals surface area contributed by atoms with Gasteiger partial charge in [0.2, 0.25) is 0 Å². The van der Waals surface area contributed by atoms with Gasteiger partial charge in [-0.25, -0.2) is 4.98 Å². The first kappa shape index (κ1) is 20.1. The van der Waals surface area contributed by atoms with E-state index in [9.17, 15) is 4.79 Å². The summed E-state index contributed by atoms with van der Waals surface area (Å²) in [5.41, 5.74) is 0.643. The van der Waals surface area contributed by atoms with E-state index in [1.807, 2.05) is 54.6 Å². The SMILES string of the molecule is COc1ccc(OCCCSc2nc3ccccc3c(=O)n2Cc2ccco2)cc1. The average Bonchev–Trinajstić information content (AvgIpc) is 3.30. The molecule has 0 aliphatic heterocycles. The number of methoxy groups -OCH3 is 1. The van der Waals surface area contributed by atoms with Crippen molar-refractivity contribution in [2.45, 2.75) is 18.1 Å². The molecule has 2 aromatic heterocycles. The second-order valence-corrected chi connectivity index (χ2v) is 7.67. The minimum atomic E-state index is -0.0611. The molecule has 30 heavy (non-hydrogen) atoms. The van der Waals surface area contributed by atoms with E-state index in [-0.39, 0.29) is 5.56 Å². The van der Waals surface area contributed by atoms with Crippen LogP contribution in [0, 0.1) is 0 Å². The van der Waals surface area contributed by atoms with Crippen LogP contribution in [0.25, 0.3) is 10.9 Å². The summed E-state index contributed by atoms with van der Waals surface area (Å²) < 4.78 is 18.0. The summed E-state index contributed by atoms with van der Waals surface area (Å²) in [5, 5.41) is 1.29. The lowest BCUT2D eigenvalue weighted by Gasteiger charge is -2.12. The predicted molar refractivity (Wildman–Crippen MR) is 118 cm³/mol. The number of ether oxygens (including phenoxy) is 2. The Morgan fingerprint density at radius 2 is 1.83 bits per heavy atom. The molecule has 6 nitrogen and oxygen atoms in total. The van der Waals surface area contributed by atoms with Crippen molar-refractivity contribution in [1.82, 2.24) is 9.55 Å². The maximum atomic E-state index is 13.0. The molecule has 0 N–H and O–H groups in total. The Labute approximate surface area is 178 Å². The standard InChI is InChI=1S/C23H22N2O4S/c1-27-17-9-11-18(12-10-17)28-14-5-15-30-23-24-21-8-3-2-7-20(21)22(26)25(23)16-19-6-4-13-29-19/h2-4,6-13H,5,14-16H2,1H3. The third kappa shape index (κ3) is 4.68. The maximum absolute atomic E-state index is 13.0. The van der Waals surface area contributed by atoms with E-state index in [2.05, 4.69) is 0 Å². The van der Waals surface area contributed by atoms with Crippen LogP contribution in [-0.4, -0.2) is 29.0 Å². The van der Waals surface area contributed by atoms with E-state index >= 15 is 0 Å². The van der Waals surface area contributed by atoms with Crippen molar-refractivity contribution in [2.75, 3.05) is 19.5 Å². The molecule has 2 aromatic carbocycles. The van der Waals surface area contributed by atoms with Gasteiger partial charge in [0, 0.05) is 5.75 Å². The number of aromatic nitrogens is 2. The molecule has 2 heterocycles. The van der Waals surface area contributed by atoms with Gasteiger partial charge in [-0.05, 0) is 55.0 Å². The molecule has 4 aromatic rings. The summed E-state index contributed by atoms with van der Waals surface area (Å²) in [6.45, 7) is 0.934. The first-order valence-corrected chi connectivity index (χ1v) is 10.6. The van der Waals surface area contributed by atoms with E-state index < -0.39 is 0 Å². The molecule has 0 spiro atoms. The molecule has 0 aliphatic carbocycles. The van der Waals surface area contributed by atoms with Gasteiger partial charge in [0.15, 0.2) is 5.16 Å². The average molecular weight is 423 g/mol. The third-order valence-electron chi connectivity index (χ3n) is 4.57. The van der Waals surface area contributed by atoms with Crippen molar-refractivity contribution < 1.29 is 13.9 Å². The lowest BCUT2D eigenvalue weighted by atomic mass is 10.2. The number of hydrogen-bond acceptors (Lipinski definition) is 6. The molecular weight excluding hydrogens is 400 g/mol. The van der Waals surface area contributed by atoms with Gasteiger partial charge in [-0.15, -0.1) is 0 Å². The molecule has 0 amide bonds. The monoisotopic (exact) mass is 422 g/mol. The minimum absolute atomic E-state index is 0.0611. The lowest BCUT2D eigenvalue weighted by molar-refractivity contribution is 0.318. The van der Waals surface area contributed by atoms with Gasteiger partial charge in [-0.1, -0.05) is 23.9 Å². The van der Waals surface area contributed by atoms with Crippen molar-refractivity contribution in [1.29, 1.82) is 0 Å². The van der Waals surface area contributed by atoms with Gasteiger partial charge >= 0.3 is 0 Å². The van der Waals surface area contributed by atoms with Gasteiger partial charge < -0.3 is 13.9 Å². The van der Waals surface area contributed by atoms with Crippen molar-refractivity contribution in [3.63, 3.8) is 0 Å². The zero-order valence-electron chi connectivity index (χ0n) is 16.6. The lowest BCUT2D eigenvalue weighted by Crippen LogP contribution is -2.24. The third-order valence-corrected chi connectivity index (χ3v) is 5.63. The molecular formula is C23H22N2O4S. The number of para-hydroxylation sites is 1.